The van der Waals surface area contributed by atoms with Crippen LogP contribution in [-0.2, 0) is 19.6 Å². The van der Waals surface area contributed by atoms with Gasteiger partial charge in [0.1, 0.15) is 11.6 Å². The molecule has 1 fully saturated rings. The number of rotatable bonds is 8. The highest BCUT2D eigenvalue weighted by atomic mass is 127. The molecular formula is C26H35IN6O. The molecule has 0 bridgehead atoms. The summed E-state index contributed by atoms with van der Waals surface area (Å²) in [6.45, 7) is 9.01. The van der Waals surface area contributed by atoms with Crippen molar-refractivity contribution in [3.05, 3.63) is 83.9 Å². The lowest BCUT2D eigenvalue weighted by molar-refractivity contribution is 0.287. The summed E-state index contributed by atoms with van der Waals surface area (Å²) >= 11 is 0. The van der Waals surface area contributed by atoms with Crippen LogP contribution in [0.25, 0.3) is 0 Å². The fraction of sp³-hybridized carbons (Fsp3) is 0.385. The molecule has 0 unspecified atom stereocenters. The molecule has 7 nitrogen and oxygen atoms in total. The number of nitrogens with one attached hydrogen (secondary N) is 1. The van der Waals surface area contributed by atoms with Gasteiger partial charge in [0.15, 0.2) is 5.96 Å². The maximum atomic E-state index is 5.50. The third kappa shape index (κ3) is 7.20. The molecule has 0 atom stereocenters. The van der Waals surface area contributed by atoms with Gasteiger partial charge in [0.2, 0.25) is 0 Å². The van der Waals surface area contributed by atoms with Gasteiger partial charge in [-0.3, -0.25) is 4.90 Å². The number of pyridine rings is 1. The Kier molecular flexibility index (Phi) is 10.2. The van der Waals surface area contributed by atoms with E-state index in [-0.39, 0.29) is 24.0 Å². The van der Waals surface area contributed by atoms with E-state index in [0.717, 1.165) is 63.4 Å². The molecule has 8 heteroatoms. The summed E-state index contributed by atoms with van der Waals surface area (Å²) < 4.78 is 5.50. The Labute approximate surface area is 219 Å². The van der Waals surface area contributed by atoms with E-state index in [4.69, 9.17) is 9.41 Å². The minimum Gasteiger partial charge on any atom is -0.468 e. The van der Waals surface area contributed by atoms with E-state index in [1.807, 2.05) is 30.5 Å². The zero-order chi connectivity index (χ0) is 22.9. The topological polar surface area (TPSA) is 60.1 Å². The van der Waals surface area contributed by atoms with Crippen molar-refractivity contribution < 1.29 is 4.42 Å². The second-order valence-corrected chi connectivity index (χ2v) is 8.35. The zero-order valence-electron chi connectivity index (χ0n) is 20.1. The molecule has 182 valence electrons. The molecule has 1 aliphatic rings. The fourth-order valence-electron chi connectivity index (χ4n) is 4.16. The summed E-state index contributed by atoms with van der Waals surface area (Å²) in [4.78, 5) is 16.5. The Balaban J connectivity index is 0.00000324. The molecule has 2 aromatic heterocycles. The van der Waals surface area contributed by atoms with Crippen molar-refractivity contribution in [1.29, 1.82) is 0 Å². The van der Waals surface area contributed by atoms with Crippen molar-refractivity contribution in [1.82, 2.24) is 20.1 Å². The number of aromatic nitrogens is 1. The first kappa shape index (κ1) is 26.0. The summed E-state index contributed by atoms with van der Waals surface area (Å²) in [7, 11) is 2.12. The van der Waals surface area contributed by atoms with Gasteiger partial charge in [0, 0.05) is 45.5 Å². The summed E-state index contributed by atoms with van der Waals surface area (Å²) in [5.74, 6) is 3.01. The van der Waals surface area contributed by atoms with Crippen LogP contribution < -0.4 is 10.2 Å². The largest absolute Gasteiger partial charge is 0.468 e. The van der Waals surface area contributed by atoms with Crippen molar-refractivity contribution in [3.63, 3.8) is 0 Å². The monoisotopic (exact) mass is 574 g/mol. The van der Waals surface area contributed by atoms with Crippen LogP contribution in [0.3, 0.4) is 0 Å². The lowest BCUT2D eigenvalue weighted by Crippen LogP contribution is -2.52. The number of furan rings is 1. The Bertz CT molecular complexity index is 1000. The average molecular weight is 575 g/mol. The number of nitrogens with zero attached hydrogens (tertiary/aromatic N) is 5. The van der Waals surface area contributed by atoms with Crippen molar-refractivity contribution in [2.24, 2.45) is 4.99 Å². The second kappa shape index (κ2) is 13.3. The molecule has 0 spiro atoms. The third-order valence-electron chi connectivity index (χ3n) is 5.85. The highest BCUT2D eigenvalue weighted by Gasteiger charge is 2.20. The van der Waals surface area contributed by atoms with Crippen LogP contribution in [0.1, 0.15) is 23.8 Å². The van der Waals surface area contributed by atoms with E-state index < -0.39 is 0 Å². The summed E-state index contributed by atoms with van der Waals surface area (Å²) in [6.07, 6.45) is 3.58. The second-order valence-electron chi connectivity index (χ2n) is 8.35. The van der Waals surface area contributed by atoms with Gasteiger partial charge >= 0.3 is 0 Å². The third-order valence-corrected chi connectivity index (χ3v) is 5.85. The van der Waals surface area contributed by atoms with E-state index in [2.05, 4.69) is 69.3 Å². The van der Waals surface area contributed by atoms with E-state index in [1.165, 1.54) is 11.1 Å². The Morgan fingerprint density at radius 1 is 1.00 bits per heavy atom. The standard InChI is InChI=1S/C26H34N6O.HI/c1-3-27-26(32-16-14-31(15-17-32)25-12-6-7-13-28-25)29-19-22-9-4-5-10-23(22)20-30(2)21-24-11-8-18-33-24;/h4-13,18H,3,14-17,19-21H2,1-2H3,(H,27,29);1H. The van der Waals surface area contributed by atoms with Gasteiger partial charge in [0.05, 0.1) is 19.4 Å². The molecule has 34 heavy (non-hydrogen) atoms. The molecule has 1 N–H and O–H groups in total. The smallest absolute Gasteiger partial charge is 0.194 e. The van der Waals surface area contributed by atoms with Gasteiger partial charge in [-0.25, -0.2) is 9.98 Å². The molecule has 0 radical (unpaired) electrons. The lowest BCUT2D eigenvalue weighted by atomic mass is 10.1. The molecule has 3 aromatic rings. The van der Waals surface area contributed by atoms with Crippen LogP contribution in [0.5, 0.6) is 0 Å². The maximum absolute atomic E-state index is 5.50. The van der Waals surface area contributed by atoms with Crippen molar-refractivity contribution in [2.45, 2.75) is 26.6 Å². The van der Waals surface area contributed by atoms with Crippen LogP contribution in [0, 0.1) is 0 Å². The lowest BCUT2D eigenvalue weighted by Gasteiger charge is -2.37. The minimum absolute atomic E-state index is 0. The number of piperazine rings is 1. The molecule has 0 saturated carbocycles. The van der Waals surface area contributed by atoms with E-state index in [0.29, 0.717) is 6.54 Å². The zero-order valence-corrected chi connectivity index (χ0v) is 22.4. The first-order valence-electron chi connectivity index (χ1n) is 11.7. The molecule has 1 aromatic carbocycles. The van der Waals surface area contributed by atoms with Gasteiger partial charge in [-0.1, -0.05) is 30.3 Å². The average Bonchev–Trinajstić information content (AvgIpc) is 3.36. The minimum atomic E-state index is 0. The predicted molar refractivity (Wildman–Crippen MR) is 149 cm³/mol. The van der Waals surface area contributed by atoms with Gasteiger partial charge in [-0.15, -0.1) is 24.0 Å². The molecule has 1 saturated heterocycles. The van der Waals surface area contributed by atoms with Crippen LogP contribution in [0.4, 0.5) is 5.82 Å². The number of aliphatic imine (C=N–C) groups is 1. The first-order chi connectivity index (χ1) is 16.2. The highest BCUT2D eigenvalue weighted by Crippen LogP contribution is 2.16. The Morgan fingerprint density at radius 3 is 2.44 bits per heavy atom. The number of hydrogen-bond donors (Lipinski definition) is 1. The summed E-state index contributed by atoms with van der Waals surface area (Å²) in [5, 5.41) is 3.49. The van der Waals surface area contributed by atoms with Gasteiger partial charge in [-0.05, 0) is 49.4 Å². The van der Waals surface area contributed by atoms with E-state index in [9.17, 15) is 0 Å². The molecule has 1 aliphatic heterocycles. The number of guanidine groups is 1. The quantitative estimate of drug-likeness (QED) is 0.247. The first-order valence-corrected chi connectivity index (χ1v) is 11.7. The van der Waals surface area contributed by atoms with Crippen LogP contribution in [0.15, 0.2) is 76.5 Å². The van der Waals surface area contributed by atoms with Crippen LogP contribution >= 0.6 is 24.0 Å². The SMILES string of the molecule is CCNC(=NCc1ccccc1CN(C)Cc1ccco1)N1CCN(c2ccccn2)CC1.I. The highest BCUT2D eigenvalue weighted by molar-refractivity contribution is 14.0. The molecule has 3 heterocycles. The van der Waals surface area contributed by atoms with Gasteiger partial charge < -0.3 is 19.5 Å². The summed E-state index contributed by atoms with van der Waals surface area (Å²) in [6, 6.07) is 18.6. The van der Waals surface area contributed by atoms with Gasteiger partial charge in [0.25, 0.3) is 0 Å². The molecule has 0 aliphatic carbocycles. The summed E-state index contributed by atoms with van der Waals surface area (Å²) in [5.41, 5.74) is 2.55. The van der Waals surface area contributed by atoms with E-state index in [1.54, 1.807) is 6.26 Å². The molecule has 0 amide bonds. The maximum Gasteiger partial charge on any atom is 0.194 e. The normalized spacial score (nSPS) is 14.3. The number of anilines is 1. The van der Waals surface area contributed by atoms with Crippen molar-refractivity contribution in [3.8, 4) is 0 Å². The van der Waals surface area contributed by atoms with Crippen LogP contribution in [-0.4, -0.2) is 60.5 Å². The van der Waals surface area contributed by atoms with Crippen molar-refractivity contribution in [2.75, 3.05) is 44.7 Å². The van der Waals surface area contributed by atoms with E-state index >= 15 is 0 Å². The van der Waals surface area contributed by atoms with Crippen molar-refractivity contribution >= 4 is 35.8 Å². The molecule has 4 rings (SSSR count). The molecular weight excluding hydrogens is 539 g/mol. The Morgan fingerprint density at radius 2 is 1.76 bits per heavy atom. The Hall–Kier alpha value is -2.59. The predicted octanol–water partition coefficient (Wildman–Crippen LogP) is 4.21. The fourth-order valence-corrected chi connectivity index (χ4v) is 4.16. The van der Waals surface area contributed by atoms with Gasteiger partial charge in [-0.2, -0.15) is 0 Å². The number of halogens is 1. The number of benzene rings is 1. The number of hydrogen-bond acceptors (Lipinski definition) is 5. The van der Waals surface area contributed by atoms with Crippen LogP contribution in [0.2, 0.25) is 0 Å².